The molecule has 2 aromatic heterocycles. The average molecular weight is 284 g/mol. The molecule has 0 aliphatic carbocycles. The van der Waals surface area contributed by atoms with Crippen LogP contribution in [0.1, 0.15) is 16.6 Å². The van der Waals surface area contributed by atoms with Crippen LogP contribution >= 0.6 is 34.7 Å². The summed E-state index contributed by atoms with van der Waals surface area (Å²) < 4.78 is 0.648. The van der Waals surface area contributed by atoms with Gasteiger partial charge in [-0.15, -0.1) is 23.1 Å². The van der Waals surface area contributed by atoms with E-state index >= 15 is 0 Å². The largest absolute Gasteiger partial charge is 0.292 e. The smallest absolute Gasteiger partial charge is 0.185 e. The van der Waals surface area contributed by atoms with Crippen molar-refractivity contribution in [2.45, 2.75) is 17.1 Å². The molecule has 2 rings (SSSR count). The van der Waals surface area contributed by atoms with Crippen LogP contribution in [0.5, 0.6) is 0 Å². The third-order valence-electron chi connectivity index (χ3n) is 2.15. The van der Waals surface area contributed by atoms with Gasteiger partial charge in [0.15, 0.2) is 5.78 Å². The Labute approximate surface area is 113 Å². The van der Waals surface area contributed by atoms with Crippen molar-refractivity contribution in [1.82, 2.24) is 4.98 Å². The minimum atomic E-state index is -0.118. The lowest BCUT2D eigenvalue weighted by molar-refractivity contribution is 0.0998. The molecule has 0 saturated heterocycles. The summed E-state index contributed by atoms with van der Waals surface area (Å²) in [4.78, 5) is 17.8. The lowest BCUT2D eigenvalue weighted by Gasteiger charge is -2.08. The van der Waals surface area contributed by atoms with Crippen molar-refractivity contribution in [1.29, 1.82) is 0 Å². The first kappa shape index (κ1) is 12.6. The molecule has 0 aliphatic rings. The molecule has 0 N–H and O–H groups in total. The van der Waals surface area contributed by atoms with Gasteiger partial charge >= 0.3 is 0 Å². The van der Waals surface area contributed by atoms with E-state index in [9.17, 15) is 4.79 Å². The highest BCUT2D eigenvalue weighted by Gasteiger charge is 2.18. The summed E-state index contributed by atoms with van der Waals surface area (Å²) in [7, 11) is 0. The normalized spacial score (nSPS) is 12.4. The molecule has 0 amide bonds. The molecular formula is C12H10ClNOS2. The molecule has 1 unspecified atom stereocenters. The van der Waals surface area contributed by atoms with E-state index in [2.05, 4.69) is 4.98 Å². The standard InChI is InChI=1S/C12H10ClNOS2/c1-8(16-9-4-6-14-7-5-9)12(15)10-2-3-11(13)17-10/h2-8H,1H3. The van der Waals surface area contributed by atoms with Crippen LogP contribution in [0.3, 0.4) is 0 Å². The maximum Gasteiger partial charge on any atom is 0.185 e. The maximum atomic E-state index is 12.1. The van der Waals surface area contributed by atoms with Crippen molar-refractivity contribution < 1.29 is 4.79 Å². The zero-order chi connectivity index (χ0) is 12.3. The fourth-order valence-corrected chi connectivity index (χ4v) is 3.39. The Morgan fingerprint density at radius 2 is 2.06 bits per heavy atom. The fraction of sp³-hybridized carbons (Fsp3) is 0.167. The first-order valence-corrected chi connectivity index (χ1v) is 7.10. The van der Waals surface area contributed by atoms with Crippen molar-refractivity contribution in [3.8, 4) is 0 Å². The van der Waals surface area contributed by atoms with Crippen LogP contribution in [-0.4, -0.2) is 16.0 Å². The molecule has 0 aliphatic heterocycles. The van der Waals surface area contributed by atoms with Crippen molar-refractivity contribution >= 4 is 40.5 Å². The molecule has 0 saturated carbocycles. The number of hydrogen-bond acceptors (Lipinski definition) is 4. The van der Waals surface area contributed by atoms with Gasteiger partial charge in [-0.25, -0.2) is 0 Å². The number of pyridine rings is 1. The lowest BCUT2D eigenvalue weighted by Crippen LogP contribution is -2.11. The van der Waals surface area contributed by atoms with Gasteiger partial charge < -0.3 is 0 Å². The third kappa shape index (κ3) is 3.31. The summed E-state index contributed by atoms with van der Waals surface area (Å²) in [6.45, 7) is 1.90. The predicted molar refractivity (Wildman–Crippen MR) is 73.2 cm³/mol. The van der Waals surface area contributed by atoms with E-state index in [1.165, 1.54) is 23.1 Å². The van der Waals surface area contributed by atoms with E-state index < -0.39 is 0 Å². The topological polar surface area (TPSA) is 30.0 Å². The van der Waals surface area contributed by atoms with E-state index in [1.807, 2.05) is 19.1 Å². The van der Waals surface area contributed by atoms with Gasteiger partial charge in [-0.05, 0) is 31.2 Å². The molecule has 2 heterocycles. The summed E-state index contributed by atoms with van der Waals surface area (Å²) in [5.74, 6) is 0.115. The number of Topliss-reactive ketones (excluding diaryl/α,β-unsaturated/α-hetero) is 1. The van der Waals surface area contributed by atoms with Gasteiger partial charge in [-0.1, -0.05) is 11.6 Å². The van der Waals surface area contributed by atoms with Crippen LogP contribution in [0, 0.1) is 0 Å². The Bertz CT molecular complexity index is 512. The Hall–Kier alpha value is -0.840. The summed E-state index contributed by atoms with van der Waals surface area (Å²) in [6, 6.07) is 7.33. The molecule has 2 aromatic rings. The SMILES string of the molecule is CC(Sc1ccncc1)C(=O)c1ccc(Cl)s1. The number of hydrogen-bond donors (Lipinski definition) is 0. The first-order valence-electron chi connectivity index (χ1n) is 5.03. The van der Waals surface area contributed by atoms with Crippen LogP contribution in [0.2, 0.25) is 4.34 Å². The van der Waals surface area contributed by atoms with Gasteiger partial charge in [-0.3, -0.25) is 9.78 Å². The van der Waals surface area contributed by atoms with Crippen molar-refractivity contribution in [2.24, 2.45) is 0 Å². The Kier molecular flexibility index (Phi) is 4.20. The minimum Gasteiger partial charge on any atom is -0.292 e. The van der Waals surface area contributed by atoms with Gasteiger partial charge in [0.25, 0.3) is 0 Å². The van der Waals surface area contributed by atoms with Crippen molar-refractivity contribution in [3.05, 3.63) is 45.9 Å². The van der Waals surface area contributed by atoms with Crippen LogP contribution in [0.25, 0.3) is 0 Å². The molecule has 0 aromatic carbocycles. The van der Waals surface area contributed by atoms with E-state index in [4.69, 9.17) is 11.6 Å². The second-order valence-corrected chi connectivity index (χ2v) is 6.54. The second kappa shape index (κ2) is 5.67. The number of halogens is 1. The molecule has 88 valence electrons. The molecule has 5 heteroatoms. The Morgan fingerprint density at radius 3 is 2.65 bits per heavy atom. The molecule has 0 radical (unpaired) electrons. The molecule has 1 atom stereocenters. The number of thioether (sulfide) groups is 1. The number of rotatable bonds is 4. The van der Waals surface area contributed by atoms with Gasteiger partial charge in [0.2, 0.25) is 0 Å². The number of carbonyl (C=O) groups excluding carboxylic acids is 1. The van der Waals surface area contributed by atoms with E-state index in [1.54, 1.807) is 24.5 Å². The molecule has 0 bridgehead atoms. The van der Waals surface area contributed by atoms with Crippen LogP contribution < -0.4 is 0 Å². The van der Waals surface area contributed by atoms with Gasteiger partial charge in [-0.2, -0.15) is 0 Å². The van der Waals surface area contributed by atoms with E-state index in [-0.39, 0.29) is 11.0 Å². The summed E-state index contributed by atoms with van der Waals surface area (Å²) >= 11 is 8.68. The third-order valence-corrected chi connectivity index (χ3v) is 4.51. The molecule has 17 heavy (non-hydrogen) atoms. The summed E-state index contributed by atoms with van der Waals surface area (Å²) in [5, 5.41) is -0.118. The average Bonchev–Trinajstić information content (AvgIpc) is 2.76. The number of ketones is 1. The predicted octanol–water partition coefficient (Wildman–Crippen LogP) is 4.16. The van der Waals surface area contributed by atoms with E-state index in [0.29, 0.717) is 9.21 Å². The highest BCUT2D eigenvalue weighted by Crippen LogP contribution is 2.28. The second-order valence-electron chi connectivity index (χ2n) is 3.41. The Balaban J connectivity index is 2.06. The zero-order valence-corrected chi connectivity index (χ0v) is 11.5. The highest BCUT2D eigenvalue weighted by molar-refractivity contribution is 8.00. The quantitative estimate of drug-likeness (QED) is 0.623. The van der Waals surface area contributed by atoms with Gasteiger partial charge in [0.1, 0.15) is 0 Å². The highest BCUT2D eigenvalue weighted by atomic mass is 35.5. The van der Waals surface area contributed by atoms with Crippen molar-refractivity contribution in [2.75, 3.05) is 0 Å². The number of nitrogens with zero attached hydrogens (tertiary/aromatic N) is 1. The van der Waals surface area contributed by atoms with Crippen LogP contribution in [0.4, 0.5) is 0 Å². The molecule has 0 spiro atoms. The number of aromatic nitrogens is 1. The summed E-state index contributed by atoms with van der Waals surface area (Å²) in [6.07, 6.45) is 3.45. The minimum absolute atomic E-state index is 0.115. The maximum absolute atomic E-state index is 12.1. The lowest BCUT2D eigenvalue weighted by atomic mass is 10.2. The van der Waals surface area contributed by atoms with Crippen LogP contribution in [0.15, 0.2) is 41.6 Å². The first-order chi connectivity index (χ1) is 8.16. The molecule has 0 fully saturated rings. The van der Waals surface area contributed by atoms with Gasteiger partial charge in [0, 0.05) is 17.3 Å². The number of thiophene rings is 1. The van der Waals surface area contributed by atoms with Gasteiger partial charge in [0.05, 0.1) is 14.5 Å². The zero-order valence-electron chi connectivity index (χ0n) is 9.09. The summed E-state index contributed by atoms with van der Waals surface area (Å²) in [5.41, 5.74) is 0. The number of carbonyl (C=O) groups is 1. The Morgan fingerprint density at radius 1 is 1.35 bits per heavy atom. The fourth-order valence-electron chi connectivity index (χ4n) is 1.32. The molecular weight excluding hydrogens is 274 g/mol. The van der Waals surface area contributed by atoms with Crippen LogP contribution in [-0.2, 0) is 0 Å². The van der Waals surface area contributed by atoms with E-state index in [0.717, 1.165) is 4.90 Å². The monoisotopic (exact) mass is 283 g/mol. The molecule has 2 nitrogen and oxygen atoms in total. The van der Waals surface area contributed by atoms with Crippen molar-refractivity contribution in [3.63, 3.8) is 0 Å².